The molecule has 0 atom stereocenters. The Bertz CT molecular complexity index is 936. The van der Waals surface area contributed by atoms with E-state index in [9.17, 15) is 14.9 Å². The predicted octanol–water partition coefficient (Wildman–Crippen LogP) is 1.37. The minimum Gasteiger partial charge on any atom is -0.366 e. The maximum Gasteiger partial charge on any atom is 0.293 e. The largest absolute Gasteiger partial charge is 0.366 e. The highest BCUT2D eigenvalue weighted by Crippen LogP contribution is 2.29. The van der Waals surface area contributed by atoms with E-state index in [1.807, 2.05) is 24.4 Å². The summed E-state index contributed by atoms with van der Waals surface area (Å²) in [7, 11) is 1.70. The van der Waals surface area contributed by atoms with E-state index in [2.05, 4.69) is 10.2 Å². The standard InChI is InChI=1S/C15H14N6O3/c1-19(9-14-18-17-13-4-2-3-7-20(13)14)11-6-5-10(15(16)22)8-12(11)21(23)24/h2-8H,9H2,1H3,(H2,16,22). The van der Waals surface area contributed by atoms with Crippen LogP contribution in [0.1, 0.15) is 16.2 Å². The van der Waals surface area contributed by atoms with E-state index < -0.39 is 10.8 Å². The summed E-state index contributed by atoms with van der Waals surface area (Å²) in [6.07, 6.45) is 1.82. The molecule has 0 spiro atoms. The molecule has 2 heterocycles. The van der Waals surface area contributed by atoms with Crippen LogP contribution in [0, 0.1) is 10.1 Å². The maximum atomic E-state index is 11.3. The number of nitro groups is 1. The van der Waals surface area contributed by atoms with Crippen LogP contribution in [0.2, 0.25) is 0 Å². The number of fused-ring (bicyclic) bond motifs is 1. The zero-order chi connectivity index (χ0) is 17.3. The molecule has 9 nitrogen and oxygen atoms in total. The molecule has 0 saturated carbocycles. The van der Waals surface area contributed by atoms with Crippen molar-refractivity contribution in [2.45, 2.75) is 6.54 Å². The second-order valence-electron chi connectivity index (χ2n) is 5.23. The Morgan fingerprint density at radius 1 is 1.33 bits per heavy atom. The summed E-state index contributed by atoms with van der Waals surface area (Å²) in [5.74, 6) is -0.0721. The van der Waals surface area contributed by atoms with Crippen LogP contribution in [0.5, 0.6) is 0 Å². The molecule has 0 aliphatic heterocycles. The van der Waals surface area contributed by atoms with E-state index in [0.29, 0.717) is 23.7 Å². The van der Waals surface area contributed by atoms with Crippen molar-refractivity contribution >= 4 is 22.9 Å². The first-order valence-corrected chi connectivity index (χ1v) is 7.05. The van der Waals surface area contributed by atoms with Crippen molar-refractivity contribution in [1.29, 1.82) is 0 Å². The Morgan fingerprint density at radius 2 is 2.12 bits per heavy atom. The number of amides is 1. The Kier molecular flexibility index (Phi) is 3.82. The SMILES string of the molecule is CN(Cc1nnc2ccccn12)c1ccc(C(N)=O)cc1[N+](=O)[O-]. The van der Waals surface area contributed by atoms with Gasteiger partial charge < -0.3 is 10.6 Å². The highest BCUT2D eigenvalue weighted by atomic mass is 16.6. The van der Waals surface area contributed by atoms with Crippen molar-refractivity contribution in [2.75, 3.05) is 11.9 Å². The molecule has 0 radical (unpaired) electrons. The van der Waals surface area contributed by atoms with Gasteiger partial charge >= 0.3 is 0 Å². The van der Waals surface area contributed by atoms with Crippen LogP contribution in [0.3, 0.4) is 0 Å². The smallest absolute Gasteiger partial charge is 0.293 e. The first-order chi connectivity index (χ1) is 11.5. The molecule has 3 rings (SSSR count). The number of carbonyl (C=O) groups excluding carboxylic acids is 1. The van der Waals surface area contributed by atoms with Gasteiger partial charge in [0.25, 0.3) is 5.69 Å². The van der Waals surface area contributed by atoms with Gasteiger partial charge in [-0.3, -0.25) is 19.3 Å². The molecule has 24 heavy (non-hydrogen) atoms. The molecule has 0 aliphatic rings. The summed E-state index contributed by atoms with van der Waals surface area (Å²) in [5.41, 5.74) is 6.13. The minimum atomic E-state index is -0.712. The number of hydrogen-bond donors (Lipinski definition) is 1. The number of nitrogens with zero attached hydrogens (tertiary/aromatic N) is 5. The van der Waals surface area contributed by atoms with Gasteiger partial charge in [-0.1, -0.05) is 6.07 Å². The normalized spacial score (nSPS) is 10.7. The predicted molar refractivity (Wildman–Crippen MR) is 86.7 cm³/mol. The summed E-state index contributed by atoms with van der Waals surface area (Å²) < 4.78 is 1.81. The number of primary amides is 1. The molecule has 2 aromatic heterocycles. The molecule has 0 bridgehead atoms. The van der Waals surface area contributed by atoms with Gasteiger partial charge in [0.05, 0.1) is 11.5 Å². The highest BCUT2D eigenvalue weighted by Gasteiger charge is 2.20. The Balaban J connectivity index is 1.96. The van der Waals surface area contributed by atoms with Gasteiger partial charge in [0.15, 0.2) is 11.5 Å². The van der Waals surface area contributed by atoms with Gasteiger partial charge in [0.2, 0.25) is 5.91 Å². The molecule has 3 aromatic rings. The molecular formula is C15H14N6O3. The minimum absolute atomic E-state index is 0.0896. The van der Waals surface area contributed by atoms with E-state index in [0.717, 1.165) is 0 Å². The number of carbonyl (C=O) groups is 1. The summed E-state index contributed by atoms with van der Waals surface area (Å²) in [4.78, 5) is 23.7. The fourth-order valence-electron chi connectivity index (χ4n) is 2.44. The van der Waals surface area contributed by atoms with Crippen molar-refractivity contribution in [2.24, 2.45) is 5.73 Å². The number of nitrogens with two attached hydrogens (primary N) is 1. The number of nitro benzene ring substituents is 1. The van der Waals surface area contributed by atoms with Crippen LogP contribution >= 0.6 is 0 Å². The number of pyridine rings is 1. The molecule has 2 N–H and O–H groups in total. The lowest BCUT2D eigenvalue weighted by Gasteiger charge is -2.18. The van der Waals surface area contributed by atoms with E-state index in [1.54, 1.807) is 16.3 Å². The third-order valence-electron chi connectivity index (χ3n) is 3.63. The van der Waals surface area contributed by atoms with E-state index in [-0.39, 0.29) is 11.3 Å². The zero-order valence-electron chi connectivity index (χ0n) is 12.8. The second-order valence-corrected chi connectivity index (χ2v) is 5.23. The average molecular weight is 326 g/mol. The Hall–Kier alpha value is -3.49. The van der Waals surface area contributed by atoms with E-state index >= 15 is 0 Å². The van der Waals surface area contributed by atoms with E-state index in [1.165, 1.54) is 18.2 Å². The summed E-state index contributed by atoms with van der Waals surface area (Å²) in [6.45, 7) is 0.307. The Morgan fingerprint density at radius 3 is 2.83 bits per heavy atom. The number of hydrogen-bond acceptors (Lipinski definition) is 6. The van der Waals surface area contributed by atoms with Crippen molar-refractivity contribution in [3.05, 3.63) is 64.1 Å². The van der Waals surface area contributed by atoms with Crippen molar-refractivity contribution in [1.82, 2.24) is 14.6 Å². The van der Waals surface area contributed by atoms with Crippen molar-refractivity contribution < 1.29 is 9.72 Å². The number of anilines is 1. The number of aromatic nitrogens is 3. The molecular weight excluding hydrogens is 312 g/mol. The average Bonchev–Trinajstić information content (AvgIpc) is 2.97. The first-order valence-electron chi connectivity index (χ1n) is 7.05. The van der Waals surface area contributed by atoms with Gasteiger partial charge in [-0.15, -0.1) is 10.2 Å². The van der Waals surface area contributed by atoms with Gasteiger partial charge in [-0.05, 0) is 24.3 Å². The summed E-state index contributed by atoms with van der Waals surface area (Å²) >= 11 is 0. The summed E-state index contributed by atoms with van der Waals surface area (Å²) in [5, 5.41) is 19.5. The van der Waals surface area contributed by atoms with Crippen LogP contribution in [0.4, 0.5) is 11.4 Å². The molecule has 0 aliphatic carbocycles. The first kappa shape index (κ1) is 15.4. The molecule has 0 fully saturated rings. The Labute approximate surface area is 136 Å². The molecule has 9 heteroatoms. The van der Waals surface area contributed by atoms with Gasteiger partial charge in [-0.25, -0.2) is 0 Å². The van der Waals surface area contributed by atoms with Crippen LogP contribution in [0.15, 0.2) is 42.6 Å². The zero-order valence-corrected chi connectivity index (χ0v) is 12.8. The van der Waals surface area contributed by atoms with Gasteiger partial charge in [0.1, 0.15) is 5.69 Å². The van der Waals surface area contributed by atoms with Gasteiger partial charge in [0, 0.05) is 24.9 Å². The van der Waals surface area contributed by atoms with Crippen LogP contribution < -0.4 is 10.6 Å². The monoisotopic (exact) mass is 326 g/mol. The van der Waals surface area contributed by atoms with Crippen molar-refractivity contribution in [3.8, 4) is 0 Å². The fourth-order valence-corrected chi connectivity index (χ4v) is 2.44. The van der Waals surface area contributed by atoms with E-state index in [4.69, 9.17) is 5.73 Å². The third kappa shape index (κ3) is 2.74. The van der Waals surface area contributed by atoms with Crippen LogP contribution in [-0.2, 0) is 6.54 Å². The lowest BCUT2D eigenvalue weighted by Crippen LogP contribution is -2.20. The topological polar surface area (TPSA) is 120 Å². The van der Waals surface area contributed by atoms with Gasteiger partial charge in [-0.2, -0.15) is 0 Å². The molecule has 122 valence electrons. The quantitative estimate of drug-likeness (QED) is 0.558. The summed E-state index contributed by atoms with van der Waals surface area (Å²) in [6, 6.07) is 9.66. The number of rotatable bonds is 5. The number of benzene rings is 1. The van der Waals surface area contributed by atoms with Crippen molar-refractivity contribution in [3.63, 3.8) is 0 Å². The molecule has 0 saturated heterocycles. The molecule has 0 unspecified atom stereocenters. The maximum absolute atomic E-state index is 11.3. The molecule has 1 amide bonds. The van der Waals surface area contributed by atoms with Crippen LogP contribution in [-0.4, -0.2) is 32.5 Å². The lowest BCUT2D eigenvalue weighted by atomic mass is 10.1. The van der Waals surface area contributed by atoms with Crippen LogP contribution in [0.25, 0.3) is 5.65 Å². The lowest BCUT2D eigenvalue weighted by molar-refractivity contribution is -0.384. The third-order valence-corrected chi connectivity index (χ3v) is 3.63. The highest BCUT2D eigenvalue weighted by molar-refractivity contribution is 5.94. The fraction of sp³-hybridized carbons (Fsp3) is 0.133. The second kappa shape index (κ2) is 5.95. The molecule has 1 aromatic carbocycles.